The molecule has 2 rings (SSSR count). The number of nitrogens with one attached hydrogen (secondary N) is 1. The van der Waals surface area contributed by atoms with Crippen molar-refractivity contribution in [2.75, 3.05) is 31.1 Å². The average molecular weight is 202 g/mol. The van der Waals surface area contributed by atoms with Gasteiger partial charge in [-0.3, -0.25) is 0 Å². The lowest BCUT2D eigenvalue weighted by Gasteiger charge is -2.31. The quantitative estimate of drug-likeness (QED) is 0.752. The molecule has 1 aliphatic heterocycles. The standard InChI is InChI=1S/C13H18N2/c1-2-5-12-6-3-4-7-13(12)15-10-8-14-9-11-15/h2-4,6-7,14H,1,5,8-11H2. The predicted octanol–water partition coefficient (Wildman–Crippen LogP) is 1.82. The fraction of sp³-hybridized carbons (Fsp3) is 0.385. The molecule has 0 unspecified atom stereocenters. The Morgan fingerprint density at radius 3 is 2.73 bits per heavy atom. The van der Waals surface area contributed by atoms with Gasteiger partial charge in [-0.05, 0) is 18.1 Å². The van der Waals surface area contributed by atoms with Crippen LogP contribution in [0.2, 0.25) is 0 Å². The number of rotatable bonds is 3. The van der Waals surface area contributed by atoms with E-state index < -0.39 is 0 Å². The van der Waals surface area contributed by atoms with Crippen LogP contribution in [0.3, 0.4) is 0 Å². The van der Waals surface area contributed by atoms with E-state index in [0.717, 1.165) is 32.6 Å². The summed E-state index contributed by atoms with van der Waals surface area (Å²) in [5.41, 5.74) is 2.76. The average Bonchev–Trinajstić information content (AvgIpc) is 2.31. The van der Waals surface area contributed by atoms with Crippen molar-refractivity contribution < 1.29 is 0 Å². The van der Waals surface area contributed by atoms with Gasteiger partial charge in [-0.1, -0.05) is 24.3 Å². The van der Waals surface area contributed by atoms with E-state index in [1.807, 2.05) is 6.08 Å². The molecule has 1 fully saturated rings. The highest BCUT2D eigenvalue weighted by atomic mass is 15.2. The second kappa shape index (κ2) is 4.99. The van der Waals surface area contributed by atoms with E-state index in [2.05, 4.69) is 41.1 Å². The highest BCUT2D eigenvalue weighted by molar-refractivity contribution is 5.54. The minimum Gasteiger partial charge on any atom is -0.369 e. The van der Waals surface area contributed by atoms with Crippen LogP contribution < -0.4 is 10.2 Å². The zero-order valence-electron chi connectivity index (χ0n) is 9.08. The highest BCUT2D eigenvalue weighted by Gasteiger charge is 2.12. The number of hydrogen-bond acceptors (Lipinski definition) is 2. The van der Waals surface area contributed by atoms with E-state index in [4.69, 9.17) is 0 Å². The van der Waals surface area contributed by atoms with Crippen molar-refractivity contribution >= 4 is 5.69 Å². The molecule has 0 atom stereocenters. The molecule has 1 heterocycles. The summed E-state index contributed by atoms with van der Waals surface area (Å²) >= 11 is 0. The van der Waals surface area contributed by atoms with Crippen molar-refractivity contribution in [3.05, 3.63) is 42.5 Å². The van der Waals surface area contributed by atoms with Crippen LogP contribution in [0.5, 0.6) is 0 Å². The third-order valence-electron chi connectivity index (χ3n) is 2.81. The molecule has 1 aliphatic rings. The molecule has 0 spiro atoms. The lowest BCUT2D eigenvalue weighted by atomic mass is 10.1. The topological polar surface area (TPSA) is 15.3 Å². The molecule has 0 amide bonds. The summed E-state index contributed by atoms with van der Waals surface area (Å²) in [5, 5.41) is 3.37. The molecule has 2 nitrogen and oxygen atoms in total. The van der Waals surface area contributed by atoms with Crippen LogP contribution in [0, 0.1) is 0 Å². The Morgan fingerprint density at radius 1 is 1.27 bits per heavy atom. The van der Waals surface area contributed by atoms with Crippen molar-refractivity contribution in [3.63, 3.8) is 0 Å². The van der Waals surface area contributed by atoms with Gasteiger partial charge in [0.25, 0.3) is 0 Å². The first-order valence-electron chi connectivity index (χ1n) is 5.56. The van der Waals surface area contributed by atoms with Gasteiger partial charge in [-0.2, -0.15) is 0 Å². The van der Waals surface area contributed by atoms with Gasteiger partial charge >= 0.3 is 0 Å². The zero-order valence-corrected chi connectivity index (χ0v) is 9.08. The Hall–Kier alpha value is -1.28. The highest BCUT2D eigenvalue weighted by Crippen LogP contribution is 2.21. The summed E-state index contributed by atoms with van der Waals surface area (Å²) in [7, 11) is 0. The minimum absolute atomic E-state index is 0.958. The maximum Gasteiger partial charge on any atom is 0.0402 e. The number of nitrogens with zero attached hydrogens (tertiary/aromatic N) is 1. The second-order valence-corrected chi connectivity index (χ2v) is 3.86. The normalized spacial score (nSPS) is 16.4. The first-order valence-corrected chi connectivity index (χ1v) is 5.56. The van der Waals surface area contributed by atoms with Gasteiger partial charge in [0.2, 0.25) is 0 Å². The molecule has 1 aromatic carbocycles. The Balaban J connectivity index is 2.20. The third-order valence-corrected chi connectivity index (χ3v) is 2.81. The van der Waals surface area contributed by atoms with E-state index in [0.29, 0.717) is 0 Å². The second-order valence-electron chi connectivity index (χ2n) is 3.86. The van der Waals surface area contributed by atoms with Crippen LogP contribution in [-0.2, 0) is 6.42 Å². The molecule has 15 heavy (non-hydrogen) atoms. The zero-order chi connectivity index (χ0) is 10.5. The molecule has 0 radical (unpaired) electrons. The van der Waals surface area contributed by atoms with Crippen molar-refractivity contribution in [3.8, 4) is 0 Å². The molecule has 0 aliphatic carbocycles. The number of piperazine rings is 1. The largest absolute Gasteiger partial charge is 0.369 e. The smallest absolute Gasteiger partial charge is 0.0402 e. The van der Waals surface area contributed by atoms with E-state index in [9.17, 15) is 0 Å². The van der Waals surface area contributed by atoms with Crippen LogP contribution in [0.1, 0.15) is 5.56 Å². The summed E-state index contributed by atoms with van der Waals surface area (Å²) in [6, 6.07) is 8.62. The van der Waals surface area contributed by atoms with Crippen molar-refractivity contribution in [2.45, 2.75) is 6.42 Å². The maximum absolute atomic E-state index is 3.81. The van der Waals surface area contributed by atoms with E-state index >= 15 is 0 Å². The Bertz CT molecular complexity index is 327. The van der Waals surface area contributed by atoms with Gasteiger partial charge in [0, 0.05) is 31.9 Å². The van der Waals surface area contributed by atoms with Crippen LogP contribution in [0.15, 0.2) is 36.9 Å². The van der Waals surface area contributed by atoms with Crippen molar-refractivity contribution in [1.82, 2.24) is 5.32 Å². The maximum atomic E-state index is 3.81. The lowest BCUT2D eigenvalue weighted by Crippen LogP contribution is -2.43. The van der Waals surface area contributed by atoms with Crippen LogP contribution in [-0.4, -0.2) is 26.2 Å². The van der Waals surface area contributed by atoms with Gasteiger partial charge in [0.1, 0.15) is 0 Å². The van der Waals surface area contributed by atoms with Crippen LogP contribution in [0.25, 0.3) is 0 Å². The van der Waals surface area contributed by atoms with Gasteiger partial charge in [-0.15, -0.1) is 6.58 Å². The van der Waals surface area contributed by atoms with E-state index in [-0.39, 0.29) is 0 Å². The number of benzene rings is 1. The van der Waals surface area contributed by atoms with E-state index in [1.165, 1.54) is 11.3 Å². The molecular formula is C13H18N2. The summed E-state index contributed by atoms with van der Waals surface area (Å²) in [6.07, 6.45) is 2.93. The fourth-order valence-electron chi connectivity index (χ4n) is 2.05. The van der Waals surface area contributed by atoms with Gasteiger partial charge in [0.15, 0.2) is 0 Å². The molecule has 80 valence electrons. The molecule has 2 heteroatoms. The summed E-state index contributed by atoms with van der Waals surface area (Å²) in [5.74, 6) is 0. The molecule has 0 aromatic heterocycles. The summed E-state index contributed by atoms with van der Waals surface area (Å²) in [6.45, 7) is 8.19. The SMILES string of the molecule is C=CCc1ccccc1N1CCNCC1. The molecule has 0 saturated carbocycles. The molecule has 1 N–H and O–H groups in total. The van der Waals surface area contributed by atoms with Gasteiger partial charge in [-0.25, -0.2) is 0 Å². The van der Waals surface area contributed by atoms with Gasteiger partial charge in [0.05, 0.1) is 0 Å². The first kappa shape index (κ1) is 10.2. The van der Waals surface area contributed by atoms with Crippen LogP contribution >= 0.6 is 0 Å². The first-order chi connectivity index (χ1) is 7.42. The fourth-order valence-corrected chi connectivity index (χ4v) is 2.05. The Morgan fingerprint density at radius 2 is 2.00 bits per heavy atom. The van der Waals surface area contributed by atoms with E-state index in [1.54, 1.807) is 0 Å². The minimum atomic E-state index is 0.958. The van der Waals surface area contributed by atoms with Crippen LogP contribution in [0.4, 0.5) is 5.69 Å². The summed E-state index contributed by atoms with van der Waals surface area (Å²) in [4.78, 5) is 2.45. The van der Waals surface area contributed by atoms with Crippen molar-refractivity contribution in [2.24, 2.45) is 0 Å². The molecule has 1 aromatic rings. The molecule has 0 bridgehead atoms. The number of anilines is 1. The third kappa shape index (κ3) is 2.39. The molecule has 1 saturated heterocycles. The number of para-hydroxylation sites is 1. The number of allylic oxidation sites excluding steroid dienone is 1. The Kier molecular flexibility index (Phi) is 3.41. The van der Waals surface area contributed by atoms with Crippen molar-refractivity contribution in [1.29, 1.82) is 0 Å². The predicted molar refractivity (Wildman–Crippen MR) is 65.4 cm³/mol. The Labute approximate surface area is 91.6 Å². The lowest BCUT2D eigenvalue weighted by molar-refractivity contribution is 0.588. The number of hydrogen-bond donors (Lipinski definition) is 1. The monoisotopic (exact) mass is 202 g/mol. The summed E-state index contributed by atoms with van der Waals surface area (Å²) < 4.78 is 0. The van der Waals surface area contributed by atoms with Gasteiger partial charge < -0.3 is 10.2 Å². The molecular weight excluding hydrogens is 184 g/mol.